The van der Waals surface area contributed by atoms with Crippen LogP contribution in [0, 0.1) is 18.3 Å². The minimum atomic E-state index is -0.304. The van der Waals surface area contributed by atoms with Crippen LogP contribution in [-0.4, -0.2) is 24.7 Å². The van der Waals surface area contributed by atoms with Crippen LogP contribution in [0.1, 0.15) is 23.5 Å². The Balaban J connectivity index is 1.73. The molecule has 0 aromatic heterocycles. The predicted octanol–water partition coefficient (Wildman–Crippen LogP) is 3.71. The lowest BCUT2D eigenvalue weighted by molar-refractivity contribution is -0.121. The van der Waals surface area contributed by atoms with E-state index in [0.717, 1.165) is 22.9 Å². The van der Waals surface area contributed by atoms with Gasteiger partial charge in [0.25, 0.3) is 0 Å². The van der Waals surface area contributed by atoms with Crippen LogP contribution in [0.2, 0.25) is 0 Å². The average molecular weight is 407 g/mol. The summed E-state index contributed by atoms with van der Waals surface area (Å²) in [5.41, 5.74) is 3.12. The Hall–Kier alpha value is -3.24. The highest BCUT2D eigenvalue weighted by molar-refractivity contribution is 8.03. The van der Waals surface area contributed by atoms with Crippen molar-refractivity contribution in [1.29, 1.82) is 5.26 Å². The average Bonchev–Trinajstić information content (AvgIpc) is 2.72. The number of methoxy groups -OCH3 is 1. The van der Waals surface area contributed by atoms with E-state index >= 15 is 0 Å². The SMILES string of the molecule is COc1ccc(NC(=O)CSC2=C(C#N)C(c3ccccc3C)CC(=O)N2)cc1. The van der Waals surface area contributed by atoms with Crippen molar-refractivity contribution in [3.63, 3.8) is 0 Å². The standard InChI is InChI=1S/C22H21N3O3S/c1-14-5-3-4-6-17(14)18-11-20(26)25-22(19(18)12-23)29-13-21(27)24-15-7-9-16(28-2)10-8-15/h3-10,18H,11,13H2,1-2H3,(H,24,27)(H,25,26). The van der Waals surface area contributed by atoms with Crippen LogP contribution < -0.4 is 15.4 Å². The summed E-state index contributed by atoms with van der Waals surface area (Å²) in [5, 5.41) is 15.7. The number of thioether (sulfide) groups is 1. The van der Waals surface area contributed by atoms with E-state index in [-0.39, 0.29) is 29.9 Å². The Labute approximate surface area is 173 Å². The topological polar surface area (TPSA) is 91.2 Å². The predicted molar refractivity (Wildman–Crippen MR) is 113 cm³/mol. The van der Waals surface area contributed by atoms with Gasteiger partial charge in [0.2, 0.25) is 11.8 Å². The fourth-order valence-corrected chi connectivity index (χ4v) is 4.06. The van der Waals surface area contributed by atoms with Gasteiger partial charge in [-0.2, -0.15) is 5.26 Å². The minimum Gasteiger partial charge on any atom is -0.497 e. The van der Waals surface area contributed by atoms with E-state index in [2.05, 4.69) is 16.7 Å². The summed E-state index contributed by atoms with van der Waals surface area (Å²) in [4.78, 5) is 24.6. The number of anilines is 1. The number of carbonyl (C=O) groups excluding carboxylic acids is 2. The van der Waals surface area contributed by atoms with Crippen molar-refractivity contribution in [1.82, 2.24) is 5.32 Å². The van der Waals surface area contributed by atoms with E-state index in [1.807, 2.05) is 31.2 Å². The van der Waals surface area contributed by atoms with E-state index in [1.165, 1.54) is 0 Å². The fraction of sp³-hybridized carbons (Fsp3) is 0.227. The Morgan fingerprint density at radius 1 is 1.28 bits per heavy atom. The first kappa shape index (κ1) is 20.5. The van der Waals surface area contributed by atoms with Crippen LogP contribution in [0.25, 0.3) is 0 Å². The van der Waals surface area contributed by atoms with Gasteiger partial charge in [0.05, 0.1) is 29.5 Å². The van der Waals surface area contributed by atoms with Gasteiger partial charge in [0.1, 0.15) is 5.75 Å². The molecule has 0 radical (unpaired) electrons. The van der Waals surface area contributed by atoms with Crippen molar-refractivity contribution in [3.8, 4) is 11.8 Å². The van der Waals surface area contributed by atoms with Crippen LogP contribution in [0.4, 0.5) is 5.69 Å². The largest absolute Gasteiger partial charge is 0.497 e. The maximum atomic E-state index is 12.3. The second-order valence-electron chi connectivity index (χ2n) is 6.58. The number of rotatable bonds is 6. The lowest BCUT2D eigenvalue weighted by Crippen LogP contribution is -2.31. The molecule has 148 valence electrons. The quantitative estimate of drug-likeness (QED) is 0.762. The van der Waals surface area contributed by atoms with Gasteiger partial charge in [-0.05, 0) is 42.3 Å². The van der Waals surface area contributed by atoms with Gasteiger partial charge in [-0.1, -0.05) is 36.0 Å². The number of benzene rings is 2. The molecule has 0 saturated heterocycles. The first-order chi connectivity index (χ1) is 14.0. The van der Waals surface area contributed by atoms with E-state index in [1.54, 1.807) is 31.4 Å². The fourth-order valence-electron chi connectivity index (χ4n) is 3.19. The summed E-state index contributed by atoms with van der Waals surface area (Å²) in [6.45, 7) is 1.96. The molecular formula is C22H21N3O3S. The number of nitriles is 1. The highest BCUT2D eigenvalue weighted by Gasteiger charge is 2.30. The van der Waals surface area contributed by atoms with Crippen LogP contribution in [0.3, 0.4) is 0 Å². The molecule has 1 aliphatic heterocycles. The van der Waals surface area contributed by atoms with E-state index in [0.29, 0.717) is 22.0 Å². The summed E-state index contributed by atoms with van der Waals surface area (Å²) >= 11 is 1.16. The summed E-state index contributed by atoms with van der Waals surface area (Å²) in [7, 11) is 1.58. The van der Waals surface area contributed by atoms with Crippen LogP contribution in [0.5, 0.6) is 5.75 Å². The van der Waals surface area contributed by atoms with E-state index < -0.39 is 0 Å². The molecule has 1 aliphatic rings. The summed E-state index contributed by atoms with van der Waals surface area (Å²) < 4.78 is 5.10. The van der Waals surface area contributed by atoms with Gasteiger partial charge in [-0.15, -0.1) is 0 Å². The minimum absolute atomic E-state index is 0.0767. The molecule has 0 saturated carbocycles. The lowest BCUT2D eigenvalue weighted by atomic mass is 9.85. The molecule has 3 rings (SSSR count). The van der Waals surface area contributed by atoms with Gasteiger partial charge in [-0.3, -0.25) is 9.59 Å². The summed E-state index contributed by atoms with van der Waals surface area (Å²) in [6, 6.07) is 17.0. The molecule has 0 spiro atoms. The van der Waals surface area contributed by atoms with Crippen LogP contribution >= 0.6 is 11.8 Å². The van der Waals surface area contributed by atoms with Crippen molar-refractivity contribution in [2.75, 3.05) is 18.2 Å². The molecule has 1 unspecified atom stereocenters. The maximum Gasteiger partial charge on any atom is 0.234 e. The zero-order chi connectivity index (χ0) is 20.8. The van der Waals surface area contributed by atoms with Gasteiger partial charge in [-0.25, -0.2) is 0 Å². The zero-order valence-corrected chi connectivity index (χ0v) is 17.0. The van der Waals surface area contributed by atoms with Crippen molar-refractivity contribution in [2.24, 2.45) is 0 Å². The number of aryl methyl sites for hydroxylation is 1. The summed E-state index contributed by atoms with van der Waals surface area (Å²) in [5.74, 6) is 0.0934. The molecule has 2 aromatic carbocycles. The summed E-state index contributed by atoms with van der Waals surface area (Å²) in [6.07, 6.45) is 0.218. The van der Waals surface area contributed by atoms with Gasteiger partial charge >= 0.3 is 0 Å². The lowest BCUT2D eigenvalue weighted by Gasteiger charge is -2.26. The molecule has 2 aromatic rings. The number of allylic oxidation sites excluding steroid dienone is 1. The first-order valence-electron chi connectivity index (χ1n) is 9.08. The monoisotopic (exact) mass is 407 g/mol. The number of nitrogens with one attached hydrogen (secondary N) is 2. The molecule has 6 nitrogen and oxygen atoms in total. The Morgan fingerprint density at radius 2 is 2.00 bits per heavy atom. The van der Waals surface area contributed by atoms with Crippen molar-refractivity contribution >= 4 is 29.3 Å². The second-order valence-corrected chi connectivity index (χ2v) is 7.57. The van der Waals surface area contributed by atoms with E-state index in [4.69, 9.17) is 4.74 Å². The molecule has 0 aliphatic carbocycles. The highest BCUT2D eigenvalue weighted by atomic mass is 32.2. The number of hydrogen-bond acceptors (Lipinski definition) is 5. The first-order valence-corrected chi connectivity index (χ1v) is 10.1. The molecule has 0 bridgehead atoms. The van der Waals surface area contributed by atoms with Crippen molar-refractivity contribution in [2.45, 2.75) is 19.3 Å². The molecule has 2 N–H and O–H groups in total. The smallest absolute Gasteiger partial charge is 0.234 e. The third-order valence-corrected chi connectivity index (χ3v) is 5.66. The van der Waals surface area contributed by atoms with Crippen LogP contribution in [-0.2, 0) is 9.59 Å². The molecule has 1 atom stereocenters. The molecular weight excluding hydrogens is 386 g/mol. The van der Waals surface area contributed by atoms with Gasteiger partial charge in [0.15, 0.2) is 0 Å². The second kappa shape index (κ2) is 9.30. The number of nitrogens with zero attached hydrogens (tertiary/aromatic N) is 1. The Kier molecular flexibility index (Phi) is 6.57. The molecule has 2 amide bonds. The number of hydrogen-bond donors (Lipinski definition) is 2. The van der Waals surface area contributed by atoms with Crippen molar-refractivity contribution < 1.29 is 14.3 Å². The Morgan fingerprint density at radius 3 is 2.66 bits per heavy atom. The molecule has 7 heteroatoms. The van der Waals surface area contributed by atoms with Crippen LogP contribution in [0.15, 0.2) is 59.1 Å². The molecule has 29 heavy (non-hydrogen) atoms. The normalized spacial score (nSPS) is 16.0. The molecule has 1 heterocycles. The third-order valence-electron chi connectivity index (χ3n) is 4.64. The Bertz CT molecular complexity index is 993. The van der Waals surface area contributed by atoms with Crippen molar-refractivity contribution in [3.05, 3.63) is 70.3 Å². The molecule has 0 fully saturated rings. The van der Waals surface area contributed by atoms with E-state index in [9.17, 15) is 14.9 Å². The van der Waals surface area contributed by atoms with Gasteiger partial charge in [0, 0.05) is 18.0 Å². The van der Waals surface area contributed by atoms with Gasteiger partial charge < -0.3 is 15.4 Å². The number of carbonyl (C=O) groups is 2. The number of amides is 2. The zero-order valence-electron chi connectivity index (χ0n) is 16.2. The highest BCUT2D eigenvalue weighted by Crippen LogP contribution is 2.37. The third kappa shape index (κ3) is 4.98. The maximum absolute atomic E-state index is 12.3. The number of ether oxygens (including phenoxy) is 1.